The third-order valence-corrected chi connectivity index (χ3v) is 2.98. The summed E-state index contributed by atoms with van der Waals surface area (Å²) in [6.07, 6.45) is 0. The Morgan fingerprint density at radius 1 is 0.842 bits per heavy atom. The fraction of sp³-hybridized carbons (Fsp3) is 0. The molecule has 2 aromatic rings. The lowest BCUT2D eigenvalue weighted by molar-refractivity contribution is -0.422. The molecule has 2 aromatic carbocycles. The zero-order chi connectivity index (χ0) is 14.0. The topological polar surface area (TPSA) is 86.3 Å². The summed E-state index contributed by atoms with van der Waals surface area (Å²) < 4.78 is 0. The molecule has 0 amide bonds. The molecule has 0 saturated carbocycles. The Balaban J connectivity index is 2.78. The number of hydrogen-bond acceptors (Lipinski definition) is 5. The molecule has 0 aliphatic carbocycles. The molecule has 6 nitrogen and oxygen atoms in total. The van der Waals surface area contributed by atoms with Crippen LogP contribution in [0.4, 0.5) is 11.4 Å². The van der Waals surface area contributed by atoms with Gasteiger partial charge in [-0.25, -0.2) is 0 Å². The maximum atomic E-state index is 11.1. The van der Waals surface area contributed by atoms with Crippen LogP contribution in [0.3, 0.4) is 0 Å². The van der Waals surface area contributed by atoms with Crippen LogP contribution in [0.25, 0.3) is 11.1 Å². The fourth-order valence-electron chi connectivity index (χ4n) is 1.79. The molecule has 96 valence electrons. The van der Waals surface area contributed by atoms with Gasteiger partial charge in [-0.15, -0.1) is 12.6 Å². The van der Waals surface area contributed by atoms with Gasteiger partial charge in [-0.1, -0.05) is 24.3 Å². The number of rotatable bonds is 3. The van der Waals surface area contributed by atoms with Crippen LogP contribution in [0.2, 0.25) is 0 Å². The second-order valence-corrected chi connectivity index (χ2v) is 4.19. The molecule has 0 saturated heterocycles. The highest BCUT2D eigenvalue weighted by atomic mass is 32.1. The van der Waals surface area contributed by atoms with Gasteiger partial charge in [-0.3, -0.25) is 20.2 Å². The van der Waals surface area contributed by atoms with Gasteiger partial charge in [0.2, 0.25) is 0 Å². The van der Waals surface area contributed by atoms with Crippen molar-refractivity contribution < 1.29 is 9.85 Å². The predicted octanol–water partition coefficient (Wildman–Crippen LogP) is 3.46. The molecule has 0 unspecified atom stereocenters. The first-order valence-corrected chi connectivity index (χ1v) is 5.67. The fourth-order valence-corrected chi connectivity index (χ4v) is 2.07. The SMILES string of the molecule is O=[N+]([O-])c1cccc(-c2ccccc2S)c1[N+](=O)[O-]. The summed E-state index contributed by atoms with van der Waals surface area (Å²) in [5.74, 6) is 0. The lowest BCUT2D eigenvalue weighted by atomic mass is 10.0. The van der Waals surface area contributed by atoms with Crippen molar-refractivity contribution in [3.05, 3.63) is 62.7 Å². The average molecular weight is 276 g/mol. The van der Waals surface area contributed by atoms with Gasteiger partial charge >= 0.3 is 11.4 Å². The lowest BCUT2D eigenvalue weighted by Crippen LogP contribution is -1.99. The zero-order valence-corrected chi connectivity index (χ0v) is 10.4. The molecular formula is C12H8N2O4S. The minimum atomic E-state index is -0.761. The van der Waals surface area contributed by atoms with Crippen molar-refractivity contribution >= 4 is 24.0 Å². The van der Waals surface area contributed by atoms with Crippen LogP contribution in [0.5, 0.6) is 0 Å². The third-order valence-electron chi connectivity index (χ3n) is 2.59. The van der Waals surface area contributed by atoms with Gasteiger partial charge in [0.25, 0.3) is 0 Å². The summed E-state index contributed by atoms with van der Waals surface area (Å²) in [5.41, 5.74) is -0.376. The van der Waals surface area contributed by atoms with Gasteiger partial charge in [0, 0.05) is 16.5 Å². The van der Waals surface area contributed by atoms with Crippen LogP contribution in [-0.2, 0) is 0 Å². The minimum Gasteiger partial charge on any atom is -0.258 e. The maximum Gasteiger partial charge on any atom is 0.353 e. The van der Waals surface area contributed by atoms with Gasteiger partial charge in [0.1, 0.15) is 0 Å². The maximum absolute atomic E-state index is 11.1. The Kier molecular flexibility index (Phi) is 3.48. The lowest BCUT2D eigenvalue weighted by Gasteiger charge is -2.06. The molecule has 0 radical (unpaired) electrons. The normalized spacial score (nSPS) is 10.2. The van der Waals surface area contributed by atoms with Crippen LogP contribution in [-0.4, -0.2) is 9.85 Å². The molecule has 7 heteroatoms. The summed E-state index contributed by atoms with van der Waals surface area (Å²) in [5, 5.41) is 22.0. The monoisotopic (exact) mass is 276 g/mol. The average Bonchev–Trinajstić information content (AvgIpc) is 2.38. The Bertz CT molecular complexity index is 673. The van der Waals surface area contributed by atoms with Crippen LogP contribution in [0, 0.1) is 20.2 Å². The minimum absolute atomic E-state index is 0.185. The van der Waals surface area contributed by atoms with Crippen molar-refractivity contribution in [1.82, 2.24) is 0 Å². The van der Waals surface area contributed by atoms with E-state index in [4.69, 9.17) is 0 Å². The second-order valence-electron chi connectivity index (χ2n) is 3.70. The molecule has 0 atom stereocenters. The first kappa shape index (κ1) is 13.0. The van der Waals surface area contributed by atoms with Crippen molar-refractivity contribution in [2.45, 2.75) is 4.90 Å². The summed E-state index contributed by atoms with van der Waals surface area (Å²) in [6, 6.07) is 10.7. The molecule has 2 rings (SSSR count). The molecule has 19 heavy (non-hydrogen) atoms. The van der Waals surface area contributed by atoms with Gasteiger partial charge in [-0.2, -0.15) is 0 Å². The zero-order valence-electron chi connectivity index (χ0n) is 9.52. The number of hydrogen-bond donors (Lipinski definition) is 1. The summed E-state index contributed by atoms with van der Waals surface area (Å²) in [4.78, 5) is 21.0. The molecule has 0 aliphatic heterocycles. The highest BCUT2D eigenvalue weighted by molar-refractivity contribution is 7.80. The van der Waals surface area contributed by atoms with E-state index in [0.29, 0.717) is 10.5 Å². The molecule has 0 N–H and O–H groups in total. The van der Waals surface area contributed by atoms with E-state index < -0.39 is 21.2 Å². The van der Waals surface area contributed by atoms with Crippen molar-refractivity contribution in [2.24, 2.45) is 0 Å². The van der Waals surface area contributed by atoms with Crippen LogP contribution < -0.4 is 0 Å². The number of para-hydroxylation sites is 1. The summed E-state index contributed by atoms with van der Waals surface area (Å²) in [6.45, 7) is 0. The van der Waals surface area contributed by atoms with Crippen LogP contribution in [0.15, 0.2) is 47.4 Å². The van der Waals surface area contributed by atoms with E-state index in [1.54, 1.807) is 24.3 Å². The van der Waals surface area contributed by atoms with E-state index in [9.17, 15) is 20.2 Å². The Morgan fingerprint density at radius 3 is 2.05 bits per heavy atom. The quantitative estimate of drug-likeness (QED) is 0.528. The second kappa shape index (κ2) is 5.07. The smallest absolute Gasteiger partial charge is 0.258 e. The first-order chi connectivity index (χ1) is 9.02. The van der Waals surface area contributed by atoms with Crippen molar-refractivity contribution in [3.8, 4) is 11.1 Å². The third kappa shape index (κ3) is 2.41. The van der Waals surface area contributed by atoms with Gasteiger partial charge in [-0.05, 0) is 12.1 Å². The van der Waals surface area contributed by atoms with Gasteiger partial charge in [0.15, 0.2) is 0 Å². The van der Waals surface area contributed by atoms with E-state index in [1.807, 2.05) is 0 Å². The van der Waals surface area contributed by atoms with E-state index in [1.165, 1.54) is 12.1 Å². The van der Waals surface area contributed by atoms with Crippen molar-refractivity contribution in [3.63, 3.8) is 0 Å². The highest BCUT2D eigenvalue weighted by Gasteiger charge is 2.29. The van der Waals surface area contributed by atoms with Crippen molar-refractivity contribution in [1.29, 1.82) is 0 Å². The standard InChI is InChI=1S/C12H8N2O4S/c15-13(16)10-6-3-5-9(12(10)14(17)18)8-4-1-2-7-11(8)19/h1-7,19H. The number of nitrogens with zero attached hydrogens (tertiary/aromatic N) is 2. The molecule has 0 bridgehead atoms. The van der Waals surface area contributed by atoms with E-state index in [-0.39, 0.29) is 5.56 Å². The number of nitro groups is 2. The Labute approximate surface area is 113 Å². The Hall–Kier alpha value is -2.41. The molecule has 0 aliphatic rings. The van der Waals surface area contributed by atoms with E-state index in [2.05, 4.69) is 12.6 Å². The van der Waals surface area contributed by atoms with Crippen LogP contribution in [0.1, 0.15) is 0 Å². The van der Waals surface area contributed by atoms with E-state index >= 15 is 0 Å². The Morgan fingerprint density at radius 2 is 1.47 bits per heavy atom. The predicted molar refractivity (Wildman–Crippen MR) is 72.4 cm³/mol. The molecule has 0 fully saturated rings. The highest BCUT2D eigenvalue weighted by Crippen LogP contribution is 2.39. The number of nitro benzene ring substituents is 2. The molecule has 0 aromatic heterocycles. The number of thiol groups is 1. The molecular weight excluding hydrogens is 268 g/mol. The molecule has 0 heterocycles. The first-order valence-electron chi connectivity index (χ1n) is 5.22. The van der Waals surface area contributed by atoms with E-state index in [0.717, 1.165) is 6.07 Å². The summed E-state index contributed by atoms with van der Waals surface area (Å²) >= 11 is 4.22. The molecule has 0 spiro atoms. The van der Waals surface area contributed by atoms with Gasteiger partial charge < -0.3 is 0 Å². The van der Waals surface area contributed by atoms with Crippen LogP contribution >= 0.6 is 12.6 Å². The van der Waals surface area contributed by atoms with Crippen molar-refractivity contribution in [2.75, 3.05) is 0 Å². The summed E-state index contributed by atoms with van der Waals surface area (Å²) in [7, 11) is 0. The largest absolute Gasteiger partial charge is 0.353 e. The number of benzene rings is 2. The van der Waals surface area contributed by atoms with Gasteiger partial charge in [0.05, 0.1) is 15.4 Å².